The molecule has 3 nitrogen and oxygen atoms in total. The van der Waals surface area contributed by atoms with Crippen LogP contribution in [0.4, 0.5) is 17.1 Å². The molecule has 0 fully saturated rings. The summed E-state index contributed by atoms with van der Waals surface area (Å²) < 4.78 is 0. The summed E-state index contributed by atoms with van der Waals surface area (Å²) in [5.74, 6) is 0. The van der Waals surface area contributed by atoms with Crippen LogP contribution in [0.1, 0.15) is 11.1 Å². The van der Waals surface area contributed by atoms with Crippen LogP contribution in [0.5, 0.6) is 0 Å². The predicted octanol–water partition coefficient (Wildman–Crippen LogP) is 2.77. The number of nitrogens with two attached hydrogens (primary N) is 2. The monoisotopic (exact) mass is 227 g/mol. The van der Waals surface area contributed by atoms with Crippen LogP contribution < -0.4 is 16.8 Å². The van der Waals surface area contributed by atoms with Crippen molar-refractivity contribution >= 4 is 17.1 Å². The van der Waals surface area contributed by atoms with Crippen LogP contribution in [-0.2, 0) is 6.54 Å². The molecule has 0 spiro atoms. The SMILES string of the molecule is Cc1ccccc1NCc1cc(N)ccc1N. The van der Waals surface area contributed by atoms with Gasteiger partial charge in [-0.2, -0.15) is 0 Å². The lowest BCUT2D eigenvalue weighted by Crippen LogP contribution is -2.04. The fourth-order valence-corrected chi connectivity index (χ4v) is 1.74. The second-order valence-electron chi connectivity index (χ2n) is 4.13. The molecule has 0 radical (unpaired) electrons. The molecule has 17 heavy (non-hydrogen) atoms. The van der Waals surface area contributed by atoms with Gasteiger partial charge >= 0.3 is 0 Å². The Hall–Kier alpha value is -2.16. The van der Waals surface area contributed by atoms with Gasteiger partial charge in [0.25, 0.3) is 0 Å². The zero-order valence-electron chi connectivity index (χ0n) is 9.90. The Morgan fingerprint density at radius 1 is 1.06 bits per heavy atom. The number of aryl methyl sites for hydroxylation is 1. The maximum Gasteiger partial charge on any atom is 0.0422 e. The van der Waals surface area contributed by atoms with E-state index in [9.17, 15) is 0 Å². The summed E-state index contributed by atoms with van der Waals surface area (Å²) in [5, 5.41) is 3.36. The molecular weight excluding hydrogens is 210 g/mol. The van der Waals surface area contributed by atoms with Crippen molar-refractivity contribution in [1.29, 1.82) is 0 Å². The number of benzene rings is 2. The Balaban J connectivity index is 2.12. The van der Waals surface area contributed by atoms with Crippen molar-refractivity contribution in [1.82, 2.24) is 0 Å². The largest absolute Gasteiger partial charge is 0.399 e. The minimum Gasteiger partial charge on any atom is -0.399 e. The maximum atomic E-state index is 5.90. The van der Waals surface area contributed by atoms with E-state index in [0.717, 1.165) is 22.6 Å². The van der Waals surface area contributed by atoms with Gasteiger partial charge in [-0.25, -0.2) is 0 Å². The summed E-state index contributed by atoms with van der Waals surface area (Å²) in [6.45, 7) is 2.76. The zero-order valence-corrected chi connectivity index (χ0v) is 9.90. The normalized spacial score (nSPS) is 10.2. The van der Waals surface area contributed by atoms with Gasteiger partial charge in [-0.1, -0.05) is 18.2 Å². The van der Waals surface area contributed by atoms with Gasteiger partial charge in [0.15, 0.2) is 0 Å². The number of nitrogens with one attached hydrogen (secondary N) is 1. The van der Waals surface area contributed by atoms with Gasteiger partial charge in [0, 0.05) is 23.6 Å². The molecular formula is C14H17N3. The number of nitrogen functional groups attached to an aromatic ring is 2. The lowest BCUT2D eigenvalue weighted by Gasteiger charge is -2.11. The third-order valence-electron chi connectivity index (χ3n) is 2.78. The Kier molecular flexibility index (Phi) is 3.19. The Morgan fingerprint density at radius 2 is 1.82 bits per heavy atom. The summed E-state index contributed by atoms with van der Waals surface area (Å²) in [7, 11) is 0. The first-order valence-corrected chi connectivity index (χ1v) is 5.60. The van der Waals surface area contributed by atoms with Crippen LogP contribution in [0.25, 0.3) is 0 Å². The molecule has 0 unspecified atom stereocenters. The highest BCUT2D eigenvalue weighted by Gasteiger charge is 2.01. The van der Waals surface area contributed by atoms with Crippen molar-refractivity contribution in [3.05, 3.63) is 53.6 Å². The highest BCUT2D eigenvalue weighted by Crippen LogP contribution is 2.19. The van der Waals surface area contributed by atoms with E-state index in [2.05, 4.69) is 24.4 Å². The van der Waals surface area contributed by atoms with E-state index in [1.807, 2.05) is 30.3 Å². The number of hydrogen-bond acceptors (Lipinski definition) is 3. The van der Waals surface area contributed by atoms with E-state index in [1.54, 1.807) is 0 Å². The molecule has 2 rings (SSSR count). The molecule has 0 amide bonds. The molecule has 88 valence electrons. The minimum absolute atomic E-state index is 0.682. The van der Waals surface area contributed by atoms with Crippen LogP contribution in [-0.4, -0.2) is 0 Å². The molecule has 0 aliphatic rings. The van der Waals surface area contributed by atoms with Gasteiger partial charge in [0.2, 0.25) is 0 Å². The van der Waals surface area contributed by atoms with Crippen LogP contribution in [0, 0.1) is 6.92 Å². The third kappa shape index (κ3) is 2.69. The number of para-hydroxylation sites is 1. The van der Waals surface area contributed by atoms with Crippen LogP contribution in [0.3, 0.4) is 0 Å². The zero-order chi connectivity index (χ0) is 12.3. The van der Waals surface area contributed by atoms with E-state index in [-0.39, 0.29) is 0 Å². The molecule has 3 heteroatoms. The summed E-state index contributed by atoms with van der Waals surface area (Å²) >= 11 is 0. The van der Waals surface area contributed by atoms with Crippen LogP contribution >= 0.6 is 0 Å². The average Bonchev–Trinajstić information content (AvgIpc) is 2.32. The van der Waals surface area contributed by atoms with Crippen molar-refractivity contribution in [3.8, 4) is 0 Å². The molecule has 0 aromatic heterocycles. The summed E-state index contributed by atoms with van der Waals surface area (Å²) in [4.78, 5) is 0. The number of rotatable bonds is 3. The lowest BCUT2D eigenvalue weighted by atomic mass is 10.1. The maximum absolute atomic E-state index is 5.90. The summed E-state index contributed by atoms with van der Waals surface area (Å²) in [6, 6.07) is 13.7. The summed E-state index contributed by atoms with van der Waals surface area (Å²) in [6.07, 6.45) is 0. The van der Waals surface area contributed by atoms with Gasteiger partial charge in [-0.05, 0) is 42.3 Å². The lowest BCUT2D eigenvalue weighted by molar-refractivity contribution is 1.14. The molecule has 0 heterocycles. The van der Waals surface area contributed by atoms with E-state index in [0.29, 0.717) is 6.54 Å². The fraction of sp³-hybridized carbons (Fsp3) is 0.143. The Labute approximate surface area is 101 Å². The Bertz CT molecular complexity index is 521. The van der Waals surface area contributed by atoms with Crippen LogP contribution in [0.15, 0.2) is 42.5 Å². The van der Waals surface area contributed by atoms with Gasteiger partial charge in [0.1, 0.15) is 0 Å². The van der Waals surface area contributed by atoms with Crippen molar-refractivity contribution in [2.45, 2.75) is 13.5 Å². The number of anilines is 3. The molecule has 0 aliphatic carbocycles. The second-order valence-corrected chi connectivity index (χ2v) is 4.13. The van der Waals surface area contributed by atoms with Gasteiger partial charge in [0.05, 0.1) is 0 Å². The standard InChI is InChI=1S/C14H17N3/c1-10-4-2-3-5-14(10)17-9-11-8-12(15)6-7-13(11)16/h2-8,17H,9,15-16H2,1H3. The van der Waals surface area contributed by atoms with E-state index in [4.69, 9.17) is 11.5 Å². The average molecular weight is 227 g/mol. The Morgan fingerprint density at radius 3 is 2.59 bits per heavy atom. The van der Waals surface area contributed by atoms with Gasteiger partial charge < -0.3 is 16.8 Å². The van der Waals surface area contributed by atoms with E-state index in [1.165, 1.54) is 5.56 Å². The van der Waals surface area contributed by atoms with Gasteiger partial charge in [-0.15, -0.1) is 0 Å². The molecule has 2 aromatic carbocycles. The number of hydrogen-bond donors (Lipinski definition) is 3. The van der Waals surface area contributed by atoms with Crippen LogP contribution in [0.2, 0.25) is 0 Å². The third-order valence-corrected chi connectivity index (χ3v) is 2.78. The second kappa shape index (κ2) is 4.78. The van der Waals surface area contributed by atoms with Gasteiger partial charge in [-0.3, -0.25) is 0 Å². The van der Waals surface area contributed by atoms with E-state index < -0.39 is 0 Å². The van der Waals surface area contributed by atoms with Crippen molar-refractivity contribution < 1.29 is 0 Å². The first kappa shape index (κ1) is 11.3. The van der Waals surface area contributed by atoms with E-state index >= 15 is 0 Å². The van der Waals surface area contributed by atoms with Crippen molar-refractivity contribution in [3.63, 3.8) is 0 Å². The highest BCUT2D eigenvalue weighted by atomic mass is 14.9. The molecule has 5 N–H and O–H groups in total. The molecule has 0 bridgehead atoms. The quantitative estimate of drug-likeness (QED) is 0.706. The minimum atomic E-state index is 0.682. The predicted molar refractivity (Wildman–Crippen MR) is 73.8 cm³/mol. The molecule has 0 atom stereocenters. The van der Waals surface area contributed by atoms with Crippen molar-refractivity contribution in [2.75, 3.05) is 16.8 Å². The molecule has 0 saturated heterocycles. The first-order chi connectivity index (χ1) is 8.16. The molecule has 2 aromatic rings. The highest BCUT2D eigenvalue weighted by molar-refractivity contribution is 5.57. The molecule has 0 aliphatic heterocycles. The first-order valence-electron chi connectivity index (χ1n) is 5.60. The molecule has 0 saturated carbocycles. The topological polar surface area (TPSA) is 64.1 Å². The smallest absolute Gasteiger partial charge is 0.0422 e. The van der Waals surface area contributed by atoms with Crippen molar-refractivity contribution in [2.24, 2.45) is 0 Å². The fourth-order valence-electron chi connectivity index (χ4n) is 1.74. The summed E-state index contributed by atoms with van der Waals surface area (Å²) in [5.41, 5.74) is 16.5.